The number of benzene rings is 1. The van der Waals surface area contributed by atoms with Gasteiger partial charge in [-0.3, -0.25) is 14.4 Å². The maximum absolute atomic E-state index is 13.7. The van der Waals surface area contributed by atoms with Crippen LogP contribution in [0.3, 0.4) is 0 Å². The van der Waals surface area contributed by atoms with E-state index in [2.05, 4.69) is 21.7 Å². The van der Waals surface area contributed by atoms with Crippen molar-refractivity contribution in [1.29, 1.82) is 5.26 Å². The van der Waals surface area contributed by atoms with Crippen LogP contribution >= 0.6 is 11.6 Å². The number of aromatic amines is 1. The molecule has 37 heavy (non-hydrogen) atoms. The summed E-state index contributed by atoms with van der Waals surface area (Å²) < 4.78 is 5.29. The van der Waals surface area contributed by atoms with Crippen molar-refractivity contribution >= 4 is 40.2 Å². The molecule has 0 radical (unpaired) electrons. The number of halogens is 1. The van der Waals surface area contributed by atoms with Crippen LogP contribution in [0.4, 0.5) is 0 Å². The molecular weight excluding hydrogens is 494 g/mol. The Morgan fingerprint density at radius 1 is 1.32 bits per heavy atom. The molecule has 5 atom stereocenters. The molecule has 2 saturated heterocycles. The lowest BCUT2D eigenvalue weighted by atomic mass is 9.92. The summed E-state index contributed by atoms with van der Waals surface area (Å²) >= 11 is 6.39. The van der Waals surface area contributed by atoms with Crippen molar-refractivity contribution < 1.29 is 19.1 Å². The molecule has 1 spiro atoms. The van der Waals surface area contributed by atoms with Crippen LogP contribution in [0.2, 0.25) is 5.02 Å². The number of likely N-dealkylation sites (tertiary alicyclic amines) is 1. The number of carbonyl (C=O) groups is 3. The highest BCUT2D eigenvalue weighted by Crippen LogP contribution is 2.46. The fourth-order valence-electron chi connectivity index (χ4n) is 6.75. The van der Waals surface area contributed by atoms with E-state index in [0.717, 1.165) is 37.5 Å². The molecule has 10 heteroatoms. The molecule has 4 aliphatic rings. The molecule has 3 N–H and O–H groups in total. The zero-order valence-corrected chi connectivity index (χ0v) is 21.4. The summed E-state index contributed by atoms with van der Waals surface area (Å²) in [6.45, 7) is 0.499. The molecule has 9 nitrogen and oxygen atoms in total. The summed E-state index contributed by atoms with van der Waals surface area (Å²) in [5, 5.41) is 16.9. The number of nitriles is 1. The van der Waals surface area contributed by atoms with Crippen LogP contribution in [0.25, 0.3) is 10.9 Å². The normalized spacial score (nSPS) is 28.1. The molecule has 194 valence electrons. The van der Waals surface area contributed by atoms with Crippen molar-refractivity contribution in [2.45, 2.75) is 62.6 Å². The molecule has 3 amide bonds. The molecule has 1 aromatic heterocycles. The molecule has 0 unspecified atom stereocenters. The number of nitrogens with one attached hydrogen (secondary N) is 3. The largest absolute Gasteiger partial charge is 0.497 e. The van der Waals surface area contributed by atoms with Crippen LogP contribution in [0, 0.1) is 29.1 Å². The van der Waals surface area contributed by atoms with Crippen molar-refractivity contribution in [2.75, 3.05) is 13.7 Å². The standard InChI is InChI=1S/C27H30ClN5O4/c1-37-18-8-15-9-21(31-22(15)20(28)10-18)26(36)33-13-14-3-2-4-19(14)23(33)25(35)30-17(12-29)7-16-11-27(5-6-27)32-24(16)34/h8-10,14,16-17,19,23,31H,2-7,11,13H2,1H3,(H,30,35)(H,32,34)/t14-,16+,17-,19-,23-/m0/s1. The number of rotatable bonds is 6. The van der Waals surface area contributed by atoms with Crippen LogP contribution < -0.4 is 15.4 Å². The Bertz CT molecular complexity index is 1330. The molecule has 6 rings (SSSR count). The lowest BCUT2D eigenvalue weighted by molar-refractivity contribution is -0.127. The second kappa shape index (κ2) is 8.95. The van der Waals surface area contributed by atoms with E-state index in [1.54, 1.807) is 30.2 Å². The zero-order chi connectivity index (χ0) is 25.9. The highest BCUT2D eigenvalue weighted by atomic mass is 35.5. The summed E-state index contributed by atoms with van der Waals surface area (Å²) in [4.78, 5) is 44.5. The number of nitrogens with zero attached hydrogens (tertiary/aromatic N) is 2. The molecule has 0 bridgehead atoms. The number of fused-ring (bicyclic) bond motifs is 2. The van der Waals surface area contributed by atoms with Gasteiger partial charge in [0.1, 0.15) is 23.5 Å². The Hall–Kier alpha value is -3.25. The smallest absolute Gasteiger partial charge is 0.271 e. The first-order chi connectivity index (χ1) is 17.8. The molecule has 2 aromatic rings. The van der Waals surface area contributed by atoms with E-state index in [-0.39, 0.29) is 47.4 Å². The van der Waals surface area contributed by atoms with E-state index < -0.39 is 12.1 Å². The van der Waals surface area contributed by atoms with Crippen LogP contribution in [0.15, 0.2) is 18.2 Å². The number of amides is 3. The van der Waals surface area contributed by atoms with E-state index in [1.807, 2.05) is 0 Å². The van der Waals surface area contributed by atoms with Gasteiger partial charge in [0.05, 0.1) is 23.7 Å². The lowest BCUT2D eigenvalue weighted by Crippen LogP contribution is -2.51. The molecular formula is C27H30ClN5O4. The van der Waals surface area contributed by atoms with Gasteiger partial charge in [0.15, 0.2) is 0 Å². The van der Waals surface area contributed by atoms with Crippen LogP contribution in [-0.4, -0.2) is 58.9 Å². The Balaban J connectivity index is 1.21. The predicted molar refractivity (Wildman–Crippen MR) is 136 cm³/mol. The highest BCUT2D eigenvalue weighted by molar-refractivity contribution is 6.35. The van der Waals surface area contributed by atoms with Gasteiger partial charge in [-0.2, -0.15) is 5.26 Å². The van der Waals surface area contributed by atoms with Gasteiger partial charge in [0.25, 0.3) is 5.91 Å². The monoisotopic (exact) mass is 523 g/mol. The SMILES string of the molecule is COc1cc(Cl)c2[nH]c(C(=O)N3C[C@@H]4CCC[C@@H]4[C@H]3C(=O)N[C@H](C#N)C[C@@H]3CC4(CC4)NC3=O)cc2c1. The third kappa shape index (κ3) is 4.21. The van der Waals surface area contributed by atoms with Crippen LogP contribution in [0.1, 0.15) is 55.4 Å². The number of H-pyrrole nitrogens is 1. The fourth-order valence-corrected chi connectivity index (χ4v) is 7.01. The summed E-state index contributed by atoms with van der Waals surface area (Å²) in [6.07, 6.45) is 5.82. The molecule has 2 aliphatic carbocycles. The fraction of sp³-hybridized carbons (Fsp3) is 0.556. The molecule has 3 heterocycles. The minimum atomic E-state index is -0.783. The summed E-state index contributed by atoms with van der Waals surface area (Å²) in [5.74, 6) is 0.0135. The molecule has 4 fully saturated rings. The number of carbonyl (C=O) groups excluding carboxylic acids is 3. The summed E-state index contributed by atoms with van der Waals surface area (Å²) in [7, 11) is 1.56. The van der Waals surface area contributed by atoms with Gasteiger partial charge < -0.3 is 25.3 Å². The van der Waals surface area contributed by atoms with Crippen molar-refractivity contribution in [2.24, 2.45) is 17.8 Å². The van der Waals surface area contributed by atoms with Gasteiger partial charge in [-0.1, -0.05) is 18.0 Å². The predicted octanol–water partition coefficient (Wildman–Crippen LogP) is 3.14. The second-order valence-corrected chi connectivity index (χ2v) is 11.5. The second-order valence-electron chi connectivity index (χ2n) is 11.1. The van der Waals surface area contributed by atoms with Crippen LogP contribution in [0.5, 0.6) is 5.75 Å². The van der Waals surface area contributed by atoms with E-state index in [9.17, 15) is 19.6 Å². The number of methoxy groups -OCH3 is 1. The maximum Gasteiger partial charge on any atom is 0.271 e. The number of hydrogen-bond donors (Lipinski definition) is 3. The van der Waals surface area contributed by atoms with E-state index in [1.165, 1.54) is 0 Å². The quantitative estimate of drug-likeness (QED) is 0.536. The molecule has 2 saturated carbocycles. The Kier molecular flexibility index (Phi) is 5.83. The zero-order valence-electron chi connectivity index (χ0n) is 20.7. The minimum Gasteiger partial charge on any atom is -0.497 e. The molecule has 1 aromatic carbocycles. The maximum atomic E-state index is 13.7. The average molecular weight is 524 g/mol. The highest BCUT2D eigenvalue weighted by Gasteiger charge is 2.53. The van der Waals surface area contributed by atoms with Crippen molar-refractivity contribution in [3.05, 3.63) is 28.9 Å². The Morgan fingerprint density at radius 3 is 2.84 bits per heavy atom. The minimum absolute atomic E-state index is 0.0328. The van der Waals surface area contributed by atoms with Gasteiger partial charge in [0, 0.05) is 29.5 Å². The van der Waals surface area contributed by atoms with E-state index in [4.69, 9.17) is 16.3 Å². The van der Waals surface area contributed by atoms with Gasteiger partial charge in [0.2, 0.25) is 11.8 Å². The summed E-state index contributed by atoms with van der Waals surface area (Å²) in [5.41, 5.74) is 0.917. The van der Waals surface area contributed by atoms with Crippen molar-refractivity contribution in [1.82, 2.24) is 20.5 Å². The lowest BCUT2D eigenvalue weighted by Gasteiger charge is -2.28. The van der Waals surface area contributed by atoms with E-state index in [0.29, 0.717) is 34.9 Å². The van der Waals surface area contributed by atoms with Gasteiger partial charge in [-0.25, -0.2) is 0 Å². The van der Waals surface area contributed by atoms with Crippen molar-refractivity contribution in [3.8, 4) is 11.8 Å². The van der Waals surface area contributed by atoms with Gasteiger partial charge in [-0.05, 0) is 62.5 Å². The first-order valence-electron chi connectivity index (χ1n) is 13.0. The van der Waals surface area contributed by atoms with Crippen LogP contribution in [-0.2, 0) is 9.59 Å². The first kappa shape index (κ1) is 24.1. The first-order valence-corrected chi connectivity index (χ1v) is 13.4. The van der Waals surface area contributed by atoms with E-state index >= 15 is 0 Å². The Morgan fingerprint density at radius 2 is 2.14 bits per heavy atom. The Labute approximate surface area is 219 Å². The average Bonchev–Trinajstić information content (AvgIpc) is 3.25. The number of hydrogen-bond acceptors (Lipinski definition) is 5. The van der Waals surface area contributed by atoms with Gasteiger partial charge >= 0.3 is 0 Å². The van der Waals surface area contributed by atoms with Gasteiger partial charge in [-0.15, -0.1) is 0 Å². The molecule has 2 aliphatic heterocycles. The number of aromatic nitrogens is 1. The summed E-state index contributed by atoms with van der Waals surface area (Å²) in [6, 6.07) is 5.96. The van der Waals surface area contributed by atoms with Crippen molar-refractivity contribution in [3.63, 3.8) is 0 Å². The third-order valence-corrected chi connectivity index (χ3v) is 9.08. The third-order valence-electron chi connectivity index (χ3n) is 8.78. The topological polar surface area (TPSA) is 127 Å². The number of ether oxygens (including phenoxy) is 1.